The number of anilines is 1. The fourth-order valence-electron chi connectivity index (χ4n) is 2.02. The summed E-state index contributed by atoms with van der Waals surface area (Å²) in [7, 11) is 1.73. The number of carbonyl (C=O) groups is 1. The molecule has 1 amide bonds. The summed E-state index contributed by atoms with van der Waals surface area (Å²) in [6.07, 6.45) is 3.09. The van der Waals surface area contributed by atoms with E-state index < -0.39 is 5.91 Å². The van der Waals surface area contributed by atoms with Gasteiger partial charge in [-0.2, -0.15) is 15.5 Å². The van der Waals surface area contributed by atoms with Crippen LogP contribution in [0.15, 0.2) is 48.8 Å². The van der Waals surface area contributed by atoms with Gasteiger partial charge in [-0.25, -0.2) is 4.68 Å². The van der Waals surface area contributed by atoms with Gasteiger partial charge in [-0.3, -0.25) is 9.48 Å². The van der Waals surface area contributed by atoms with Crippen LogP contribution in [0.5, 0.6) is 0 Å². The number of benzene rings is 1. The lowest BCUT2D eigenvalue weighted by Gasteiger charge is -2.08. The molecule has 1 aromatic carbocycles. The van der Waals surface area contributed by atoms with E-state index in [-0.39, 0.29) is 11.3 Å². The smallest absolute Gasteiger partial charge is 0.277 e. The zero-order valence-electron chi connectivity index (χ0n) is 11.8. The molecule has 7 nitrogen and oxygen atoms in total. The molecule has 0 aliphatic heterocycles. The SMILES string of the molecule is Cn1ccc(C(=O)Nc2c(C#N)cnn2-c2ccccc2)n1. The molecule has 3 aromatic rings. The molecule has 2 heterocycles. The minimum atomic E-state index is -0.394. The summed E-state index contributed by atoms with van der Waals surface area (Å²) in [6, 6.07) is 12.9. The zero-order valence-corrected chi connectivity index (χ0v) is 11.8. The average molecular weight is 292 g/mol. The summed E-state index contributed by atoms with van der Waals surface area (Å²) < 4.78 is 3.05. The van der Waals surface area contributed by atoms with Gasteiger partial charge in [0.15, 0.2) is 11.5 Å². The maximum Gasteiger partial charge on any atom is 0.277 e. The molecule has 0 spiro atoms. The highest BCUT2D eigenvalue weighted by Gasteiger charge is 2.17. The van der Waals surface area contributed by atoms with Crippen molar-refractivity contribution in [3.05, 3.63) is 60.0 Å². The highest BCUT2D eigenvalue weighted by atomic mass is 16.2. The summed E-state index contributed by atoms with van der Waals surface area (Å²) in [5.74, 6) is -0.0702. The molecule has 0 saturated carbocycles. The quantitative estimate of drug-likeness (QED) is 0.796. The molecule has 0 radical (unpaired) electrons. The zero-order chi connectivity index (χ0) is 15.5. The van der Waals surface area contributed by atoms with E-state index in [9.17, 15) is 10.1 Å². The van der Waals surface area contributed by atoms with Crippen LogP contribution in [-0.2, 0) is 7.05 Å². The van der Waals surface area contributed by atoms with Crippen molar-refractivity contribution in [3.63, 3.8) is 0 Å². The van der Waals surface area contributed by atoms with Crippen molar-refractivity contribution >= 4 is 11.7 Å². The van der Waals surface area contributed by atoms with E-state index in [1.54, 1.807) is 19.3 Å². The first-order valence-electron chi connectivity index (χ1n) is 6.53. The Kier molecular flexibility index (Phi) is 3.42. The Bertz CT molecular complexity index is 856. The summed E-state index contributed by atoms with van der Waals surface area (Å²) in [4.78, 5) is 12.2. The topological polar surface area (TPSA) is 88.5 Å². The number of aromatic nitrogens is 4. The minimum absolute atomic E-state index is 0.271. The lowest BCUT2D eigenvalue weighted by atomic mass is 10.3. The van der Waals surface area contributed by atoms with Gasteiger partial charge in [0.1, 0.15) is 11.6 Å². The first-order chi connectivity index (χ1) is 10.7. The van der Waals surface area contributed by atoms with Crippen LogP contribution in [-0.4, -0.2) is 25.5 Å². The molecular weight excluding hydrogens is 280 g/mol. The number of rotatable bonds is 3. The molecule has 0 fully saturated rings. The van der Waals surface area contributed by atoms with Crippen LogP contribution in [0.2, 0.25) is 0 Å². The van der Waals surface area contributed by atoms with Gasteiger partial charge in [-0.1, -0.05) is 18.2 Å². The van der Waals surface area contributed by atoms with Crippen molar-refractivity contribution in [3.8, 4) is 11.8 Å². The van der Waals surface area contributed by atoms with Gasteiger partial charge in [-0.15, -0.1) is 0 Å². The molecule has 0 unspecified atom stereocenters. The van der Waals surface area contributed by atoms with E-state index >= 15 is 0 Å². The normalized spacial score (nSPS) is 10.2. The lowest BCUT2D eigenvalue weighted by Crippen LogP contribution is -2.16. The van der Waals surface area contributed by atoms with Gasteiger partial charge in [0.05, 0.1) is 11.9 Å². The second-order valence-electron chi connectivity index (χ2n) is 4.59. The maximum absolute atomic E-state index is 12.2. The predicted molar refractivity (Wildman–Crippen MR) is 79.4 cm³/mol. The predicted octanol–water partition coefficient (Wildman–Crippen LogP) is 1.73. The number of amides is 1. The summed E-state index contributed by atoms with van der Waals surface area (Å²) in [5.41, 5.74) is 1.31. The number of carbonyl (C=O) groups excluding carboxylic acids is 1. The molecule has 0 bridgehead atoms. The van der Waals surface area contributed by atoms with E-state index in [4.69, 9.17) is 0 Å². The molecule has 0 aliphatic rings. The molecular formula is C15H12N6O. The van der Waals surface area contributed by atoms with E-state index in [1.165, 1.54) is 15.6 Å². The molecule has 108 valence electrons. The lowest BCUT2D eigenvalue weighted by molar-refractivity contribution is 0.102. The van der Waals surface area contributed by atoms with Crippen molar-refractivity contribution < 1.29 is 4.79 Å². The van der Waals surface area contributed by atoms with E-state index in [0.717, 1.165) is 5.69 Å². The molecule has 7 heteroatoms. The van der Waals surface area contributed by atoms with Crippen LogP contribution in [0.4, 0.5) is 5.82 Å². The van der Waals surface area contributed by atoms with Crippen LogP contribution in [0.1, 0.15) is 16.1 Å². The monoisotopic (exact) mass is 292 g/mol. The van der Waals surface area contributed by atoms with Crippen LogP contribution >= 0.6 is 0 Å². The van der Waals surface area contributed by atoms with Crippen LogP contribution < -0.4 is 5.32 Å². The summed E-state index contributed by atoms with van der Waals surface area (Å²) in [5, 5.41) is 20.1. The Labute approximate surface area is 126 Å². The number of hydrogen-bond acceptors (Lipinski definition) is 4. The molecule has 2 aromatic heterocycles. The Morgan fingerprint density at radius 2 is 2.05 bits per heavy atom. The first kappa shape index (κ1) is 13.6. The molecule has 0 aliphatic carbocycles. The highest BCUT2D eigenvalue weighted by molar-refractivity contribution is 6.03. The largest absolute Gasteiger partial charge is 0.304 e. The highest BCUT2D eigenvalue weighted by Crippen LogP contribution is 2.20. The van der Waals surface area contributed by atoms with Gasteiger partial charge in [0, 0.05) is 13.2 Å². The van der Waals surface area contributed by atoms with Crippen molar-refractivity contribution in [2.24, 2.45) is 7.05 Å². The third kappa shape index (κ3) is 2.45. The van der Waals surface area contributed by atoms with E-state index in [2.05, 4.69) is 15.5 Å². The molecule has 3 rings (SSSR count). The van der Waals surface area contributed by atoms with Crippen LogP contribution in [0, 0.1) is 11.3 Å². The van der Waals surface area contributed by atoms with Crippen LogP contribution in [0.3, 0.4) is 0 Å². The van der Waals surface area contributed by atoms with E-state index in [1.807, 2.05) is 36.4 Å². The Balaban J connectivity index is 1.98. The van der Waals surface area contributed by atoms with Gasteiger partial charge in [0.25, 0.3) is 5.91 Å². The van der Waals surface area contributed by atoms with Crippen LogP contribution in [0.25, 0.3) is 5.69 Å². The van der Waals surface area contributed by atoms with Gasteiger partial charge in [0.2, 0.25) is 0 Å². The van der Waals surface area contributed by atoms with Gasteiger partial charge in [-0.05, 0) is 18.2 Å². The number of para-hydroxylation sites is 1. The fourth-order valence-corrected chi connectivity index (χ4v) is 2.02. The van der Waals surface area contributed by atoms with Crippen molar-refractivity contribution in [2.75, 3.05) is 5.32 Å². The van der Waals surface area contributed by atoms with Crippen molar-refractivity contribution in [1.82, 2.24) is 19.6 Å². The first-order valence-corrected chi connectivity index (χ1v) is 6.53. The minimum Gasteiger partial charge on any atom is -0.304 e. The summed E-state index contributed by atoms with van der Waals surface area (Å²) in [6.45, 7) is 0. The standard InChI is InChI=1S/C15H12N6O/c1-20-8-7-13(19-20)15(22)18-14-11(9-16)10-17-21(14)12-5-3-2-4-6-12/h2-8,10H,1H3,(H,18,22). The number of nitriles is 1. The Morgan fingerprint density at radius 3 is 2.68 bits per heavy atom. The van der Waals surface area contributed by atoms with Crippen molar-refractivity contribution in [2.45, 2.75) is 0 Å². The summed E-state index contributed by atoms with van der Waals surface area (Å²) >= 11 is 0. The van der Waals surface area contributed by atoms with Crippen molar-refractivity contribution in [1.29, 1.82) is 5.26 Å². The molecule has 0 saturated heterocycles. The average Bonchev–Trinajstić information content (AvgIpc) is 3.14. The fraction of sp³-hybridized carbons (Fsp3) is 0.0667. The Morgan fingerprint density at radius 1 is 1.27 bits per heavy atom. The number of nitrogens with one attached hydrogen (secondary N) is 1. The third-order valence-corrected chi connectivity index (χ3v) is 3.07. The van der Waals surface area contributed by atoms with E-state index in [0.29, 0.717) is 5.82 Å². The third-order valence-electron chi connectivity index (χ3n) is 3.07. The van der Waals surface area contributed by atoms with Gasteiger partial charge < -0.3 is 5.32 Å². The number of nitrogens with zero attached hydrogens (tertiary/aromatic N) is 5. The number of aryl methyl sites for hydroxylation is 1. The molecule has 1 N–H and O–H groups in total. The van der Waals surface area contributed by atoms with Gasteiger partial charge >= 0.3 is 0 Å². The molecule has 0 atom stereocenters. The second kappa shape index (κ2) is 5.54. The number of hydrogen-bond donors (Lipinski definition) is 1. The Hall–Kier alpha value is -3.40. The maximum atomic E-state index is 12.2. The molecule has 22 heavy (non-hydrogen) atoms. The second-order valence-corrected chi connectivity index (χ2v) is 4.59.